The SMILES string of the molecule is CC(C)CC(N)C(=O)NC(CC(=O)O)C(=O)NC(C(=O)NC(CC(C)C)C(=O)O)C(C)C. The Bertz CT molecular complexity index is 679. The molecule has 0 aliphatic rings. The predicted octanol–water partition coefficient (Wildman–Crippen LogP) is 0.0756. The number of carboxylic acid groups (broad SMARTS) is 2. The highest BCUT2D eigenvalue weighted by Gasteiger charge is 2.33. The van der Waals surface area contributed by atoms with Crippen molar-refractivity contribution in [1.29, 1.82) is 0 Å². The van der Waals surface area contributed by atoms with Crippen LogP contribution in [0.3, 0.4) is 0 Å². The fourth-order valence-corrected chi connectivity index (χ4v) is 3.02. The number of amides is 3. The third-order valence-corrected chi connectivity index (χ3v) is 4.64. The van der Waals surface area contributed by atoms with E-state index in [0.717, 1.165) is 0 Å². The lowest BCUT2D eigenvalue weighted by atomic mass is 9.99. The lowest BCUT2D eigenvalue weighted by molar-refractivity contribution is -0.144. The van der Waals surface area contributed by atoms with E-state index in [1.807, 2.05) is 27.7 Å². The molecule has 11 heteroatoms. The van der Waals surface area contributed by atoms with Crippen molar-refractivity contribution in [2.45, 2.75) is 85.0 Å². The summed E-state index contributed by atoms with van der Waals surface area (Å²) in [5.74, 6) is -5.09. The summed E-state index contributed by atoms with van der Waals surface area (Å²) in [4.78, 5) is 60.4. The number of nitrogens with two attached hydrogens (primary N) is 1. The van der Waals surface area contributed by atoms with Crippen molar-refractivity contribution in [3.63, 3.8) is 0 Å². The quantitative estimate of drug-likeness (QED) is 0.211. The number of rotatable bonds is 14. The van der Waals surface area contributed by atoms with E-state index in [4.69, 9.17) is 10.8 Å². The van der Waals surface area contributed by atoms with Crippen LogP contribution in [0.25, 0.3) is 0 Å². The molecule has 0 aromatic rings. The molecule has 184 valence electrons. The normalized spacial score (nSPS) is 15.1. The molecular weight excluding hydrogens is 420 g/mol. The first-order chi connectivity index (χ1) is 14.6. The average molecular weight is 459 g/mol. The molecule has 7 N–H and O–H groups in total. The highest BCUT2D eigenvalue weighted by atomic mass is 16.4. The molecule has 0 radical (unpaired) electrons. The van der Waals surface area contributed by atoms with Crippen LogP contribution in [0.4, 0.5) is 0 Å². The second kappa shape index (κ2) is 13.7. The lowest BCUT2D eigenvalue weighted by Crippen LogP contribution is -2.58. The molecule has 0 aliphatic carbocycles. The van der Waals surface area contributed by atoms with Crippen LogP contribution in [-0.4, -0.2) is 64.0 Å². The summed E-state index contributed by atoms with van der Waals surface area (Å²) in [6, 6.07) is -4.63. The van der Waals surface area contributed by atoms with Crippen molar-refractivity contribution < 1.29 is 34.2 Å². The summed E-state index contributed by atoms with van der Waals surface area (Å²) in [7, 11) is 0. The molecule has 0 spiro atoms. The van der Waals surface area contributed by atoms with E-state index in [-0.39, 0.29) is 18.3 Å². The van der Waals surface area contributed by atoms with Crippen molar-refractivity contribution in [3.8, 4) is 0 Å². The smallest absolute Gasteiger partial charge is 0.326 e. The van der Waals surface area contributed by atoms with E-state index >= 15 is 0 Å². The maximum absolute atomic E-state index is 12.7. The maximum atomic E-state index is 12.7. The fraction of sp³-hybridized carbons (Fsp3) is 0.762. The summed E-state index contributed by atoms with van der Waals surface area (Å²) in [5, 5.41) is 25.7. The number of carbonyl (C=O) groups excluding carboxylic acids is 3. The fourth-order valence-electron chi connectivity index (χ4n) is 3.02. The Balaban J connectivity index is 5.43. The predicted molar refractivity (Wildman–Crippen MR) is 117 cm³/mol. The van der Waals surface area contributed by atoms with Gasteiger partial charge < -0.3 is 31.9 Å². The Morgan fingerprint density at radius 3 is 1.62 bits per heavy atom. The van der Waals surface area contributed by atoms with Gasteiger partial charge in [0.15, 0.2) is 0 Å². The molecule has 0 aliphatic heterocycles. The summed E-state index contributed by atoms with van der Waals surface area (Å²) in [5.41, 5.74) is 5.81. The van der Waals surface area contributed by atoms with Crippen LogP contribution >= 0.6 is 0 Å². The van der Waals surface area contributed by atoms with Gasteiger partial charge in [0.25, 0.3) is 0 Å². The van der Waals surface area contributed by atoms with Gasteiger partial charge in [-0.05, 0) is 30.6 Å². The Kier molecular flexibility index (Phi) is 12.5. The first kappa shape index (κ1) is 29.3. The van der Waals surface area contributed by atoms with Crippen molar-refractivity contribution >= 4 is 29.7 Å². The number of carbonyl (C=O) groups is 5. The molecule has 4 atom stereocenters. The van der Waals surface area contributed by atoms with E-state index in [1.54, 1.807) is 13.8 Å². The molecular formula is C21H38N4O7. The van der Waals surface area contributed by atoms with Crippen LogP contribution in [0.5, 0.6) is 0 Å². The minimum atomic E-state index is -1.45. The minimum Gasteiger partial charge on any atom is -0.481 e. The molecule has 0 saturated carbocycles. The van der Waals surface area contributed by atoms with Gasteiger partial charge in [-0.1, -0.05) is 41.5 Å². The summed E-state index contributed by atoms with van der Waals surface area (Å²) >= 11 is 0. The molecule has 3 amide bonds. The van der Waals surface area contributed by atoms with Gasteiger partial charge in [0.2, 0.25) is 17.7 Å². The van der Waals surface area contributed by atoms with Gasteiger partial charge >= 0.3 is 11.9 Å². The molecule has 0 bridgehead atoms. The Morgan fingerprint density at radius 2 is 1.22 bits per heavy atom. The number of aliphatic carboxylic acids is 2. The van der Waals surface area contributed by atoms with Crippen molar-refractivity contribution in [2.24, 2.45) is 23.5 Å². The zero-order chi connectivity index (χ0) is 25.2. The van der Waals surface area contributed by atoms with E-state index in [9.17, 15) is 29.1 Å². The van der Waals surface area contributed by atoms with Gasteiger partial charge in [-0.25, -0.2) is 4.79 Å². The molecule has 11 nitrogen and oxygen atoms in total. The van der Waals surface area contributed by atoms with Crippen LogP contribution in [0.15, 0.2) is 0 Å². The summed E-state index contributed by atoms with van der Waals surface area (Å²) in [6.45, 7) is 10.6. The Labute approximate surface area is 188 Å². The van der Waals surface area contributed by atoms with Crippen molar-refractivity contribution in [2.75, 3.05) is 0 Å². The van der Waals surface area contributed by atoms with E-state index < -0.39 is 66.2 Å². The molecule has 0 rings (SSSR count). The minimum absolute atomic E-state index is 0.00805. The van der Waals surface area contributed by atoms with E-state index in [2.05, 4.69) is 16.0 Å². The van der Waals surface area contributed by atoms with Crippen LogP contribution in [-0.2, 0) is 24.0 Å². The Hall–Kier alpha value is -2.69. The number of nitrogens with one attached hydrogen (secondary N) is 3. The van der Waals surface area contributed by atoms with Gasteiger partial charge in [0, 0.05) is 0 Å². The van der Waals surface area contributed by atoms with Gasteiger partial charge in [0.1, 0.15) is 18.1 Å². The number of hydrogen-bond donors (Lipinski definition) is 6. The number of carboxylic acids is 2. The zero-order valence-electron chi connectivity index (χ0n) is 19.7. The zero-order valence-corrected chi connectivity index (χ0v) is 19.7. The highest BCUT2D eigenvalue weighted by molar-refractivity contribution is 5.95. The first-order valence-electron chi connectivity index (χ1n) is 10.8. The molecule has 0 fully saturated rings. The third-order valence-electron chi connectivity index (χ3n) is 4.64. The second-order valence-electron chi connectivity index (χ2n) is 9.15. The molecule has 0 aromatic carbocycles. The van der Waals surface area contributed by atoms with Crippen molar-refractivity contribution in [3.05, 3.63) is 0 Å². The lowest BCUT2D eigenvalue weighted by Gasteiger charge is -2.27. The average Bonchev–Trinajstić information content (AvgIpc) is 2.62. The molecule has 0 aromatic heterocycles. The van der Waals surface area contributed by atoms with Gasteiger partial charge in [-0.15, -0.1) is 0 Å². The van der Waals surface area contributed by atoms with Crippen molar-refractivity contribution in [1.82, 2.24) is 16.0 Å². The summed E-state index contributed by atoms with van der Waals surface area (Å²) < 4.78 is 0. The largest absolute Gasteiger partial charge is 0.481 e. The van der Waals surface area contributed by atoms with Gasteiger partial charge in [-0.2, -0.15) is 0 Å². The second-order valence-corrected chi connectivity index (χ2v) is 9.15. The monoisotopic (exact) mass is 458 g/mol. The standard InChI is InChI=1S/C21H38N4O7/c1-10(2)7-13(22)18(28)23-14(9-16(26)27)19(29)25-17(12(5)6)20(30)24-15(21(31)32)8-11(3)4/h10-15,17H,7-9,22H2,1-6H3,(H,23,28)(H,24,30)(H,25,29)(H,26,27)(H,31,32). The molecule has 0 heterocycles. The maximum Gasteiger partial charge on any atom is 0.326 e. The van der Waals surface area contributed by atoms with E-state index in [1.165, 1.54) is 0 Å². The molecule has 0 saturated heterocycles. The highest BCUT2D eigenvalue weighted by Crippen LogP contribution is 2.09. The van der Waals surface area contributed by atoms with Crippen LogP contribution < -0.4 is 21.7 Å². The van der Waals surface area contributed by atoms with Crippen LogP contribution in [0.1, 0.15) is 60.8 Å². The first-order valence-corrected chi connectivity index (χ1v) is 10.8. The van der Waals surface area contributed by atoms with E-state index in [0.29, 0.717) is 6.42 Å². The molecule has 4 unspecified atom stereocenters. The number of hydrogen-bond acceptors (Lipinski definition) is 6. The van der Waals surface area contributed by atoms with Gasteiger partial charge in [-0.3, -0.25) is 19.2 Å². The Morgan fingerprint density at radius 1 is 0.719 bits per heavy atom. The topological polar surface area (TPSA) is 188 Å². The molecule has 32 heavy (non-hydrogen) atoms. The third kappa shape index (κ3) is 11.1. The van der Waals surface area contributed by atoms with Crippen LogP contribution in [0, 0.1) is 17.8 Å². The van der Waals surface area contributed by atoms with Crippen LogP contribution in [0.2, 0.25) is 0 Å². The summed E-state index contributed by atoms with van der Waals surface area (Å²) in [6.07, 6.45) is -0.161. The van der Waals surface area contributed by atoms with Gasteiger partial charge in [0.05, 0.1) is 12.5 Å².